The van der Waals surface area contributed by atoms with Crippen LogP contribution in [0.1, 0.15) is 0 Å². The molecule has 0 heterocycles. The van der Waals surface area contributed by atoms with Gasteiger partial charge in [0, 0.05) is 0 Å². The summed E-state index contributed by atoms with van der Waals surface area (Å²) in [5.74, 6) is 0. The van der Waals surface area contributed by atoms with Crippen molar-refractivity contribution in [2.45, 2.75) is 0 Å². The first-order valence-corrected chi connectivity index (χ1v) is 3.32. The van der Waals surface area contributed by atoms with Crippen molar-refractivity contribution in [2.24, 2.45) is 0 Å². The van der Waals surface area contributed by atoms with Gasteiger partial charge in [-0.1, -0.05) is 0 Å². The van der Waals surface area contributed by atoms with Gasteiger partial charge in [-0.3, -0.25) is 0 Å². The van der Waals surface area contributed by atoms with Gasteiger partial charge in [-0.25, -0.2) is 0 Å². The van der Waals surface area contributed by atoms with Crippen molar-refractivity contribution in [3.05, 3.63) is 36.0 Å². The summed E-state index contributed by atoms with van der Waals surface area (Å²) in [5.41, 5.74) is 1.14. The Bertz CT molecular complexity index is 159. The van der Waals surface area contributed by atoms with Gasteiger partial charge >= 0.3 is 58.4 Å². The van der Waals surface area contributed by atoms with Gasteiger partial charge in [0.1, 0.15) is 0 Å². The molecular formula is C7H5Ru. The second-order valence-electron chi connectivity index (χ2n) is 1.41. The van der Waals surface area contributed by atoms with E-state index >= 15 is 0 Å². The molecule has 0 spiro atoms. The van der Waals surface area contributed by atoms with E-state index in [9.17, 15) is 0 Å². The van der Waals surface area contributed by atoms with Gasteiger partial charge in [-0.15, -0.1) is 0 Å². The van der Waals surface area contributed by atoms with Crippen molar-refractivity contribution in [1.29, 1.82) is 0 Å². The molecule has 0 saturated carbocycles. The van der Waals surface area contributed by atoms with Gasteiger partial charge in [0.05, 0.1) is 0 Å². The van der Waals surface area contributed by atoms with E-state index < -0.39 is 0 Å². The van der Waals surface area contributed by atoms with Crippen LogP contribution in [0, 0.1) is 6.08 Å². The first-order chi connectivity index (χ1) is 3.93. The van der Waals surface area contributed by atoms with Crippen LogP contribution in [0.5, 0.6) is 0 Å². The molecule has 0 aromatic heterocycles. The van der Waals surface area contributed by atoms with Crippen LogP contribution in [0.2, 0.25) is 0 Å². The van der Waals surface area contributed by atoms with Crippen LogP contribution in [0.25, 0.3) is 0 Å². The van der Waals surface area contributed by atoms with E-state index in [0.717, 1.165) is 5.57 Å². The molecule has 0 bridgehead atoms. The van der Waals surface area contributed by atoms with E-state index in [1.54, 1.807) is 0 Å². The maximum absolute atomic E-state index is 3.04. The summed E-state index contributed by atoms with van der Waals surface area (Å²) in [6.07, 6.45) is 10.9. The predicted molar refractivity (Wildman–Crippen MR) is 31.1 cm³/mol. The molecule has 0 radical (unpaired) electrons. The molecule has 1 aliphatic rings. The maximum atomic E-state index is 3.04. The summed E-state index contributed by atoms with van der Waals surface area (Å²) >= 11 is 2.44. The molecule has 0 aromatic carbocycles. The van der Waals surface area contributed by atoms with E-state index in [-0.39, 0.29) is 0 Å². The third-order valence-electron chi connectivity index (χ3n) is 0.860. The molecule has 0 amide bonds. The summed E-state index contributed by atoms with van der Waals surface area (Å²) in [6, 6.07) is 0. The Labute approximate surface area is 58.8 Å². The van der Waals surface area contributed by atoms with Crippen molar-refractivity contribution in [3.8, 4) is 0 Å². The third-order valence-corrected chi connectivity index (χ3v) is 1.15. The second-order valence-corrected chi connectivity index (χ2v) is 1.99. The number of rotatable bonds is 1. The minimum absolute atomic E-state index is 1.14. The fourth-order valence-electron chi connectivity index (χ4n) is 0.511. The number of hydrogen-bond donors (Lipinski definition) is 0. The Morgan fingerprint density at radius 3 is 3.00 bits per heavy atom. The number of allylic oxidation sites excluding steroid dienone is 6. The molecule has 8 heavy (non-hydrogen) atoms. The Morgan fingerprint density at radius 2 is 2.50 bits per heavy atom. The SMILES string of the molecule is [Ru+]=[CH]/C=C1\[C-]=CC=C1. The third kappa shape index (κ3) is 1.35. The van der Waals surface area contributed by atoms with Gasteiger partial charge in [-0.2, -0.15) is 0 Å². The summed E-state index contributed by atoms with van der Waals surface area (Å²) in [6.45, 7) is 0. The summed E-state index contributed by atoms with van der Waals surface area (Å²) in [4.78, 5) is 0. The van der Waals surface area contributed by atoms with Gasteiger partial charge in [0.15, 0.2) is 0 Å². The molecule has 1 heteroatoms. The Balaban J connectivity index is 2.74. The molecule has 0 saturated heterocycles. The zero-order chi connectivity index (χ0) is 5.82. The van der Waals surface area contributed by atoms with Crippen LogP contribution >= 0.6 is 0 Å². The van der Waals surface area contributed by atoms with Gasteiger partial charge in [-0.05, 0) is 0 Å². The van der Waals surface area contributed by atoms with Crippen molar-refractivity contribution in [2.75, 3.05) is 0 Å². The average molecular weight is 190 g/mol. The van der Waals surface area contributed by atoms with Crippen LogP contribution in [-0.4, -0.2) is 4.61 Å². The molecule has 1 aliphatic carbocycles. The Morgan fingerprint density at radius 1 is 1.62 bits per heavy atom. The van der Waals surface area contributed by atoms with E-state index in [2.05, 4.69) is 23.9 Å². The Kier molecular flexibility index (Phi) is 2.11. The summed E-state index contributed by atoms with van der Waals surface area (Å²) in [5, 5.41) is 0. The van der Waals surface area contributed by atoms with Crippen LogP contribution in [0.3, 0.4) is 0 Å². The molecule has 0 atom stereocenters. The average Bonchev–Trinajstić information content (AvgIpc) is 2.19. The minimum atomic E-state index is 1.14. The zero-order valence-corrected chi connectivity index (χ0v) is 5.98. The van der Waals surface area contributed by atoms with Gasteiger partial charge < -0.3 is 0 Å². The van der Waals surface area contributed by atoms with Gasteiger partial charge in [0.25, 0.3) is 0 Å². The Hall–Kier alpha value is -0.287. The topological polar surface area (TPSA) is 0 Å². The standard InChI is InChI=1S/C7H5.Ru/c1-2-7-5-3-4-6-7;/h1-5H;/q-1;+1/b7-2-;. The first kappa shape index (κ1) is 5.84. The molecule has 1 rings (SSSR count). The molecule has 0 unspecified atom stereocenters. The summed E-state index contributed by atoms with van der Waals surface area (Å²) in [7, 11) is 0. The second kappa shape index (κ2) is 2.89. The van der Waals surface area contributed by atoms with Crippen molar-refractivity contribution in [1.82, 2.24) is 0 Å². The molecule has 0 N–H and O–H groups in total. The molecule has 0 aliphatic heterocycles. The normalized spacial score (nSPS) is 20.2. The van der Waals surface area contributed by atoms with Crippen LogP contribution in [0.4, 0.5) is 0 Å². The summed E-state index contributed by atoms with van der Waals surface area (Å²) < 4.78 is 1.94. The molecule has 0 fully saturated rings. The fourth-order valence-corrected chi connectivity index (χ4v) is 0.823. The molecule has 41 valence electrons. The van der Waals surface area contributed by atoms with Crippen molar-refractivity contribution in [3.63, 3.8) is 0 Å². The van der Waals surface area contributed by atoms with Crippen LogP contribution < -0.4 is 0 Å². The van der Waals surface area contributed by atoms with Crippen molar-refractivity contribution < 1.29 is 17.9 Å². The van der Waals surface area contributed by atoms with Gasteiger partial charge in [0.2, 0.25) is 0 Å². The van der Waals surface area contributed by atoms with Crippen LogP contribution in [-0.2, 0) is 17.9 Å². The molecule has 0 nitrogen and oxygen atoms in total. The number of hydrogen-bond acceptors (Lipinski definition) is 0. The quantitative estimate of drug-likeness (QED) is 0.430. The van der Waals surface area contributed by atoms with E-state index in [1.165, 1.54) is 0 Å². The molecular weight excluding hydrogens is 185 g/mol. The van der Waals surface area contributed by atoms with E-state index in [0.29, 0.717) is 0 Å². The monoisotopic (exact) mass is 191 g/mol. The van der Waals surface area contributed by atoms with Crippen molar-refractivity contribution >= 4 is 4.61 Å². The molecule has 0 aromatic rings. The van der Waals surface area contributed by atoms with E-state index in [1.807, 2.05) is 28.9 Å². The zero-order valence-electron chi connectivity index (χ0n) is 4.24. The first-order valence-electron chi connectivity index (χ1n) is 2.32. The predicted octanol–water partition coefficient (Wildman–Crippen LogP) is 1.19. The fraction of sp³-hybridized carbons (Fsp3) is 0. The van der Waals surface area contributed by atoms with E-state index in [4.69, 9.17) is 0 Å². The van der Waals surface area contributed by atoms with Crippen LogP contribution in [0.15, 0.2) is 29.9 Å².